The number of morpholine rings is 1. The highest BCUT2D eigenvalue weighted by molar-refractivity contribution is 7.92. The number of nitrogens with zero attached hydrogens (tertiary/aromatic N) is 1. The highest BCUT2D eigenvalue weighted by Gasteiger charge is 2.28. The van der Waals surface area contributed by atoms with E-state index in [-0.39, 0.29) is 16.9 Å². The summed E-state index contributed by atoms with van der Waals surface area (Å²) >= 11 is 0. The van der Waals surface area contributed by atoms with E-state index in [0.717, 1.165) is 6.42 Å². The molecule has 1 aliphatic heterocycles. The van der Waals surface area contributed by atoms with Gasteiger partial charge in [-0.25, -0.2) is 8.42 Å². The van der Waals surface area contributed by atoms with Gasteiger partial charge in [0.25, 0.3) is 0 Å². The van der Waals surface area contributed by atoms with Gasteiger partial charge in [-0.15, -0.1) is 0 Å². The summed E-state index contributed by atoms with van der Waals surface area (Å²) in [5.74, 6) is -0.640. The Bertz CT molecular complexity index is 360. The van der Waals surface area contributed by atoms with Crippen molar-refractivity contribution < 1.29 is 17.9 Å². The van der Waals surface area contributed by atoms with Crippen LogP contribution in [0, 0.1) is 0 Å². The molecule has 0 aliphatic carbocycles. The maximum atomic E-state index is 12.1. The molecular formula is C12H23NO4S. The van der Waals surface area contributed by atoms with E-state index in [1.165, 1.54) is 0 Å². The Morgan fingerprint density at radius 3 is 2.39 bits per heavy atom. The van der Waals surface area contributed by atoms with E-state index in [9.17, 15) is 13.2 Å². The lowest BCUT2D eigenvalue weighted by molar-refractivity contribution is -0.132. The Balaban J connectivity index is 2.60. The van der Waals surface area contributed by atoms with Crippen molar-refractivity contribution in [3.05, 3.63) is 0 Å². The molecule has 0 spiro atoms. The Morgan fingerprint density at radius 2 is 1.89 bits per heavy atom. The fourth-order valence-corrected chi connectivity index (χ4v) is 4.02. The topological polar surface area (TPSA) is 63.7 Å². The molecule has 18 heavy (non-hydrogen) atoms. The van der Waals surface area contributed by atoms with Gasteiger partial charge >= 0.3 is 0 Å². The Hall–Kier alpha value is -0.620. The molecule has 1 atom stereocenters. The Kier molecular flexibility index (Phi) is 6.08. The molecule has 1 heterocycles. The third-order valence-corrected chi connectivity index (χ3v) is 5.50. The van der Waals surface area contributed by atoms with Crippen LogP contribution in [0.25, 0.3) is 0 Å². The predicted molar refractivity (Wildman–Crippen MR) is 70.2 cm³/mol. The number of ether oxygens (including phenoxy) is 1. The third kappa shape index (κ3) is 4.24. The molecule has 106 valence electrons. The second-order valence-corrected chi connectivity index (χ2v) is 6.90. The van der Waals surface area contributed by atoms with Crippen LogP contribution in [0.4, 0.5) is 0 Å². The normalized spacial score (nSPS) is 18.7. The predicted octanol–water partition coefficient (Wildman–Crippen LogP) is 0.839. The number of hydrogen-bond donors (Lipinski definition) is 0. The quantitative estimate of drug-likeness (QED) is 0.721. The summed E-state index contributed by atoms with van der Waals surface area (Å²) < 4.78 is 29.4. The van der Waals surface area contributed by atoms with Crippen molar-refractivity contribution in [3.8, 4) is 0 Å². The lowest BCUT2D eigenvalue weighted by Gasteiger charge is -2.27. The molecule has 0 aromatic carbocycles. The van der Waals surface area contributed by atoms with E-state index in [2.05, 4.69) is 0 Å². The van der Waals surface area contributed by atoms with Gasteiger partial charge < -0.3 is 9.64 Å². The molecule has 1 unspecified atom stereocenters. The summed E-state index contributed by atoms with van der Waals surface area (Å²) in [6.45, 7) is 5.81. The van der Waals surface area contributed by atoms with E-state index < -0.39 is 9.84 Å². The van der Waals surface area contributed by atoms with E-state index >= 15 is 0 Å². The van der Waals surface area contributed by atoms with Crippen molar-refractivity contribution in [2.24, 2.45) is 0 Å². The van der Waals surface area contributed by atoms with E-state index in [1.54, 1.807) is 4.90 Å². The van der Waals surface area contributed by atoms with Gasteiger partial charge in [-0.2, -0.15) is 0 Å². The zero-order chi connectivity index (χ0) is 13.6. The van der Waals surface area contributed by atoms with Crippen LogP contribution in [0.1, 0.15) is 33.1 Å². The Morgan fingerprint density at radius 1 is 1.28 bits per heavy atom. The fourth-order valence-electron chi connectivity index (χ4n) is 2.15. The van der Waals surface area contributed by atoms with Gasteiger partial charge in [0.05, 0.1) is 18.5 Å². The minimum absolute atomic E-state index is 0.284. The van der Waals surface area contributed by atoms with Gasteiger partial charge in [-0.05, 0) is 12.8 Å². The summed E-state index contributed by atoms with van der Waals surface area (Å²) in [5, 5.41) is -0.382. The number of rotatable bonds is 6. The zero-order valence-electron chi connectivity index (χ0n) is 11.2. The minimum atomic E-state index is -3.32. The number of carbonyl (C=O) groups excluding carboxylic acids is 1. The second kappa shape index (κ2) is 7.09. The molecule has 1 aliphatic rings. The summed E-state index contributed by atoms with van der Waals surface area (Å²) in [5.41, 5.74) is 0. The van der Waals surface area contributed by atoms with Gasteiger partial charge in [-0.3, -0.25) is 4.79 Å². The molecule has 5 nitrogen and oxygen atoms in total. The van der Waals surface area contributed by atoms with Crippen molar-refractivity contribution in [1.29, 1.82) is 0 Å². The Labute approximate surface area is 109 Å². The lowest BCUT2D eigenvalue weighted by Crippen LogP contribution is -2.44. The van der Waals surface area contributed by atoms with E-state index in [1.807, 2.05) is 13.8 Å². The van der Waals surface area contributed by atoms with E-state index in [0.29, 0.717) is 39.1 Å². The lowest BCUT2D eigenvalue weighted by atomic mass is 10.2. The smallest absolute Gasteiger partial charge is 0.237 e. The first-order valence-corrected chi connectivity index (χ1v) is 8.29. The molecule has 0 aromatic heterocycles. The zero-order valence-corrected chi connectivity index (χ0v) is 12.0. The SMILES string of the molecule is CCCC(CC)S(=O)(=O)CC(=O)N1CCOCC1. The molecule has 0 saturated carbocycles. The maximum Gasteiger partial charge on any atom is 0.237 e. The largest absolute Gasteiger partial charge is 0.378 e. The third-order valence-electron chi connectivity index (χ3n) is 3.26. The average molecular weight is 277 g/mol. The van der Waals surface area contributed by atoms with Gasteiger partial charge in [-0.1, -0.05) is 20.3 Å². The van der Waals surface area contributed by atoms with Crippen LogP contribution in [0.3, 0.4) is 0 Å². The highest BCUT2D eigenvalue weighted by Crippen LogP contribution is 2.14. The number of carbonyl (C=O) groups is 1. The van der Waals surface area contributed by atoms with Crippen molar-refractivity contribution in [2.75, 3.05) is 32.1 Å². The number of hydrogen-bond acceptors (Lipinski definition) is 4. The molecule has 0 aromatic rings. The number of sulfone groups is 1. The molecular weight excluding hydrogens is 254 g/mol. The maximum absolute atomic E-state index is 12.1. The molecule has 6 heteroatoms. The van der Waals surface area contributed by atoms with Crippen molar-refractivity contribution in [2.45, 2.75) is 38.4 Å². The monoisotopic (exact) mass is 277 g/mol. The van der Waals surface area contributed by atoms with Crippen LogP contribution in [0.15, 0.2) is 0 Å². The van der Waals surface area contributed by atoms with Crippen molar-refractivity contribution in [1.82, 2.24) is 4.90 Å². The molecule has 1 rings (SSSR count). The van der Waals surface area contributed by atoms with Gasteiger partial charge in [0.2, 0.25) is 5.91 Å². The van der Waals surface area contributed by atoms with Crippen LogP contribution < -0.4 is 0 Å². The van der Waals surface area contributed by atoms with Crippen molar-refractivity contribution >= 4 is 15.7 Å². The highest BCUT2D eigenvalue weighted by atomic mass is 32.2. The van der Waals surface area contributed by atoms with Crippen LogP contribution in [-0.4, -0.2) is 56.5 Å². The van der Waals surface area contributed by atoms with Crippen molar-refractivity contribution in [3.63, 3.8) is 0 Å². The molecule has 1 saturated heterocycles. The summed E-state index contributed by atoms with van der Waals surface area (Å²) in [7, 11) is -3.32. The van der Waals surface area contributed by atoms with E-state index in [4.69, 9.17) is 4.74 Å². The summed E-state index contributed by atoms with van der Waals surface area (Å²) in [4.78, 5) is 13.5. The van der Waals surface area contributed by atoms with Gasteiger partial charge in [0, 0.05) is 13.1 Å². The average Bonchev–Trinajstić information content (AvgIpc) is 2.36. The second-order valence-electron chi connectivity index (χ2n) is 4.62. The first-order chi connectivity index (χ1) is 8.51. The fraction of sp³-hybridized carbons (Fsp3) is 0.917. The minimum Gasteiger partial charge on any atom is -0.378 e. The summed E-state index contributed by atoms with van der Waals surface area (Å²) in [6.07, 6.45) is 2.03. The number of amides is 1. The first kappa shape index (κ1) is 15.4. The van der Waals surface area contributed by atoms with Crippen LogP contribution >= 0.6 is 0 Å². The molecule has 1 amide bonds. The molecule has 1 fully saturated rings. The standard InChI is InChI=1S/C12H23NO4S/c1-3-5-11(4-2)18(15,16)10-12(14)13-6-8-17-9-7-13/h11H,3-10H2,1-2H3. The van der Waals surface area contributed by atoms with Gasteiger partial charge in [0.1, 0.15) is 5.75 Å². The van der Waals surface area contributed by atoms with Gasteiger partial charge in [0.15, 0.2) is 9.84 Å². The summed E-state index contributed by atoms with van der Waals surface area (Å²) in [6, 6.07) is 0. The van der Waals surface area contributed by atoms with Crippen LogP contribution in [-0.2, 0) is 19.4 Å². The molecule has 0 radical (unpaired) electrons. The van der Waals surface area contributed by atoms with Crippen LogP contribution in [0.2, 0.25) is 0 Å². The van der Waals surface area contributed by atoms with Crippen LogP contribution in [0.5, 0.6) is 0 Å². The molecule has 0 bridgehead atoms. The molecule has 0 N–H and O–H groups in total. The first-order valence-electron chi connectivity index (χ1n) is 6.58.